The largest absolute Gasteiger partial charge is 0.438 e. The van der Waals surface area contributed by atoms with Crippen molar-refractivity contribution in [3.05, 3.63) is 17.9 Å². The van der Waals surface area contributed by atoms with Gasteiger partial charge in [-0.15, -0.1) is 0 Å². The van der Waals surface area contributed by atoms with E-state index in [0.29, 0.717) is 19.1 Å². The van der Waals surface area contributed by atoms with Crippen molar-refractivity contribution in [1.82, 2.24) is 14.5 Å². The van der Waals surface area contributed by atoms with Gasteiger partial charge in [-0.25, -0.2) is 13.1 Å². The Hall–Kier alpha value is -1.38. The monoisotopic (exact) mass is 355 g/mol. The molecule has 0 aromatic carbocycles. The Morgan fingerprint density at radius 2 is 1.79 bits per heavy atom. The van der Waals surface area contributed by atoms with E-state index in [2.05, 4.69) is 9.62 Å². The number of piperidine rings is 2. The van der Waals surface area contributed by atoms with Gasteiger partial charge < -0.3 is 14.2 Å². The van der Waals surface area contributed by atoms with E-state index in [9.17, 15) is 13.2 Å². The molecule has 1 aromatic rings. The Kier molecular flexibility index (Phi) is 5.27. The van der Waals surface area contributed by atoms with Crippen molar-refractivity contribution in [2.24, 2.45) is 0 Å². The molecule has 0 radical (unpaired) electrons. The molecular formula is C16H25N3O4S. The highest BCUT2D eigenvalue weighted by atomic mass is 32.2. The molecular weight excluding hydrogens is 330 g/mol. The summed E-state index contributed by atoms with van der Waals surface area (Å²) in [6.45, 7) is 3.72. The lowest BCUT2D eigenvalue weighted by Crippen LogP contribution is -2.48. The zero-order chi connectivity index (χ0) is 17.2. The van der Waals surface area contributed by atoms with Crippen molar-refractivity contribution >= 4 is 15.9 Å². The quantitative estimate of drug-likeness (QED) is 0.880. The van der Waals surface area contributed by atoms with E-state index in [1.54, 1.807) is 4.90 Å². The summed E-state index contributed by atoms with van der Waals surface area (Å²) >= 11 is 0. The molecule has 2 saturated heterocycles. The van der Waals surface area contributed by atoms with Crippen molar-refractivity contribution in [2.75, 3.05) is 33.2 Å². The minimum Gasteiger partial charge on any atom is -0.438 e. The summed E-state index contributed by atoms with van der Waals surface area (Å²) < 4.78 is 30.8. The maximum atomic E-state index is 12.5. The highest BCUT2D eigenvalue weighted by molar-refractivity contribution is 7.89. The summed E-state index contributed by atoms with van der Waals surface area (Å²) in [6.07, 6.45) is 5.80. The second-order valence-corrected chi connectivity index (χ2v) is 8.26. The van der Waals surface area contributed by atoms with Crippen LogP contribution in [-0.2, 0) is 10.0 Å². The van der Waals surface area contributed by atoms with Gasteiger partial charge in [0, 0.05) is 19.1 Å². The average Bonchev–Trinajstić information content (AvgIpc) is 3.13. The summed E-state index contributed by atoms with van der Waals surface area (Å²) in [5.41, 5.74) is 0. The fraction of sp³-hybridized carbons (Fsp3) is 0.688. The number of rotatable bonds is 4. The lowest BCUT2D eigenvalue weighted by atomic mass is 10.00. The van der Waals surface area contributed by atoms with Gasteiger partial charge in [-0.2, -0.15) is 0 Å². The minimum atomic E-state index is -3.66. The second kappa shape index (κ2) is 7.25. The maximum Gasteiger partial charge on any atom is 0.289 e. The number of hydrogen-bond donors (Lipinski definition) is 1. The van der Waals surface area contributed by atoms with Gasteiger partial charge in [0.1, 0.15) is 0 Å². The van der Waals surface area contributed by atoms with Crippen LogP contribution in [0.5, 0.6) is 0 Å². The summed E-state index contributed by atoms with van der Waals surface area (Å²) in [5, 5.41) is -0.225. The number of amides is 1. The van der Waals surface area contributed by atoms with Crippen molar-refractivity contribution in [3.8, 4) is 0 Å². The minimum absolute atomic E-state index is 0.0836. The Bertz CT molecular complexity index is 671. The third-order valence-corrected chi connectivity index (χ3v) is 6.27. The Balaban J connectivity index is 1.59. The van der Waals surface area contributed by atoms with Gasteiger partial charge in [-0.05, 0) is 58.0 Å². The molecule has 0 spiro atoms. The maximum absolute atomic E-state index is 12.5. The molecule has 7 nitrogen and oxygen atoms in total. The van der Waals surface area contributed by atoms with Crippen molar-refractivity contribution in [1.29, 1.82) is 0 Å². The molecule has 2 aliphatic rings. The van der Waals surface area contributed by atoms with Gasteiger partial charge in [-0.1, -0.05) is 6.42 Å². The highest BCUT2D eigenvalue weighted by Crippen LogP contribution is 2.23. The molecule has 3 heterocycles. The predicted octanol–water partition coefficient (Wildman–Crippen LogP) is 1.28. The molecule has 1 amide bonds. The van der Waals surface area contributed by atoms with Crippen molar-refractivity contribution in [2.45, 2.75) is 43.2 Å². The fourth-order valence-corrected chi connectivity index (χ4v) is 4.20. The van der Waals surface area contributed by atoms with Crippen molar-refractivity contribution in [3.63, 3.8) is 0 Å². The van der Waals surface area contributed by atoms with Crippen LogP contribution in [-0.4, -0.2) is 63.4 Å². The van der Waals surface area contributed by atoms with Crippen LogP contribution in [0.15, 0.2) is 21.6 Å². The van der Waals surface area contributed by atoms with Crippen LogP contribution >= 0.6 is 0 Å². The first-order chi connectivity index (χ1) is 11.5. The van der Waals surface area contributed by atoms with Gasteiger partial charge in [0.15, 0.2) is 5.76 Å². The average molecular weight is 355 g/mol. The van der Waals surface area contributed by atoms with Gasteiger partial charge >= 0.3 is 0 Å². The first-order valence-electron chi connectivity index (χ1n) is 8.58. The van der Waals surface area contributed by atoms with Crippen LogP contribution in [0.1, 0.15) is 42.7 Å². The summed E-state index contributed by atoms with van der Waals surface area (Å²) in [4.78, 5) is 16.8. The fourth-order valence-electron chi connectivity index (χ4n) is 3.55. The highest BCUT2D eigenvalue weighted by Gasteiger charge is 2.29. The number of nitrogens with one attached hydrogen (secondary N) is 1. The van der Waals surface area contributed by atoms with Crippen molar-refractivity contribution < 1.29 is 17.6 Å². The predicted molar refractivity (Wildman–Crippen MR) is 89.3 cm³/mol. The van der Waals surface area contributed by atoms with Gasteiger partial charge in [0.05, 0.1) is 0 Å². The first-order valence-corrected chi connectivity index (χ1v) is 10.1. The van der Waals surface area contributed by atoms with Crippen LogP contribution in [0, 0.1) is 0 Å². The molecule has 0 unspecified atom stereocenters. The molecule has 1 N–H and O–H groups in total. The molecule has 3 rings (SSSR count). The lowest BCUT2D eigenvalue weighted by Gasteiger charge is -2.40. The van der Waals surface area contributed by atoms with E-state index in [-0.39, 0.29) is 16.8 Å². The van der Waals surface area contributed by atoms with Crippen LogP contribution in [0.3, 0.4) is 0 Å². The summed E-state index contributed by atoms with van der Waals surface area (Å²) in [6, 6.07) is 3.31. The number of sulfonamides is 1. The number of furan rings is 1. The second-order valence-electron chi connectivity index (χ2n) is 6.45. The standard InChI is InChI=1S/C16H25N3O4S/c1-17-24(21,22)15-6-5-14(23-15)16(20)19-11-7-13(8-12-19)18-9-3-2-4-10-18/h5-6,13,17H,2-4,7-12H2,1H3. The van der Waals surface area contributed by atoms with E-state index < -0.39 is 10.0 Å². The Morgan fingerprint density at radius 1 is 1.12 bits per heavy atom. The molecule has 2 aliphatic heterocycles. The van der Waals surface area contributed by atoms with E-state index >= 15 is 0 Å². The van der Waals surface area contributed by atoms with E-state index in [1.165, 1.54) is 51.5 Å². The van der Waals surface area contributed by atoms with E-state index in [1.807, 2.05) is 0 Å². The normalized spacial score (nSPS) is 21.1. The summed E-state index contributed by atoms with van der Waals surface area (Å²) in [5.74, 6) is -0.148. The smallest absolute Gasteiger partial charge is 0.289 e. The first kappa shape index (κ1) is 17.4. The van der Waals surface area contributed by atoms with Gasteiger partial charge in [-0.3, -0.25) is 4.79 Å². The summed E-state index contributed by atoms with van der Waals surface area (Å²) in [7, 11) is -2.35. The lowest BCUT2D eigenvalue weighted by molar-refractivity contribution is 0.0557. The Labute approximate surface area is 143 Å². The molecule has 134 valence electrons. The van der Waals surface area contributed by atoms with E-state index in [0.717, 1.165) is 12.8 Å². The number of carbonyl (C=O) groups is 1. The molecule has 8 heteroatoms. The number of nitrogens with zero attached hydrogens (tertiary/aromatic N) is 2. The molecule has 0 saturated carbocycles. The van der Waals surface area contributed by atoms with E-state index in [4.69, 9.17) is 4.42 Å². The van der Waals surface area contributed by atoms with Crippen LogP contribution in [0.4, 0.5) is 0 Å². The van der Waals surface area contributed by atoms with Gasteiger partial charge in [0.2, 0.25) is 5.09 Å². The van der Waals surface area contributed by atoms with Crippen LogP contribution < -0.4 is 4.72 Å². The number of hydrogen-bond acceptors (Lipinski definition) is 5. The SMILES string of the molecule is CNS(=O)(=O)c1ccc(C(=O)N2CCC(N3CCCCC3)CC2)o1. The number of carbonyl (C=O) groups excluding carboxylic acids is 1. The molecule has 0 bridgehead atoms. The topological polar surface area (TPSA) is 82.9 Å². The third-order valence-electron chi connectivity index (χ3n) is 4.98. The molecule has 2 fully saturated rings. The molecule has 0 atom stereocenters. The molecule has 0 aliphatic carbocycles. The zero-order valence-electron chi connectivity index (χ0n) is 14.0. The third kappa shape index (κ3) is 3.65. The molecule has 1 aromatic heterocycles. The zero-order valence-corrected chi connectivity index (χ0v) is 14.8. The van der Waals surface area contributed by atoms with Gasteiger partial charge in [0.25, 0.3) is 15.9 Å². The van der Waals surface area contributed by atoms with Crippen LogP contribution in [0.25, 0.3) is 0 Å². The van der Waals surface area contributed by atoms with Crippen LogP contribution in [0.2, 0.25) is 0 Å². The molecule has 24 heavy (non-hydrogen) atoms. The Morgan fingerprint density at radius 3 is 2.42 bits per heavy atom. The number of likely N-dealkylation sites (tertiary alicyclic amines) is 2.